The van der Waals surface area contributed by atoms with Gasteiger partial charge in [-0.2, -0.15) is 0 Å². The SMILES string of the molecule is CN(CC1CCOCC1)C(=O)C=Cc1cc(CO)cs1. The second-order valence-corrected chi connectivity index (χ2v) is 6.07. The van der Waals surface area contributed by atoms with Gasteiger partial charge in [-0.3, -0.25) is 4.79 Å². The van der Waals surface area contributed by atoms with Crippen molar-refractivity contribution >= 4 is 23.3 Å². The summed E-state index contributed by atoms with van der Waals surface area (Å²) in [4.78, 5) is 14.8. The zero-order chi connectivity index (χ0) is 14.4. The minimum Gasteiger partial charge on any atom is -0.392 e. The Morgan fingerprint density at radius 2 is 2.30 bits per heavy atom. The van der Waals surface area contributed by atoms with Crippen molar-refractivity contribution in [3.63, 3.8) is 0 Å². The van der Waals surface area contributed by atoms with E-state index in [9.17, 15) is 4.79 Å². The van der Waals surface area contributed by atoms with E-state index < -0.39 is 0 Å². The summed E-state index contributed by atoms with van der Waals surface area (Å²) in [5, 5.41) is 10.9. The number of hydrogen-bond donors (Lipinski definition) is 1. The third kappa shape index (κ3) is 4.44. The van der Waals surface area contributed by atoms with Gasteiger partial charge in [-0.05, 0) is 41.8 Å². The van der Waals surface area contributed by atoms with Crippen LogP contribution < -0.4 is 0 Å². The van der Waals surface area contributed by atoms with Gasteiger partial charge in [0.1, 0.15) is 0 Å². The molecule has 20 heavy (non-hydrogen) atoms. The second kappa shape index (κ2) is 7.57. The number of aliphatic hydroxyl groups is 1. The van der Waals surface area contributed by atoms with Crippen molar-refractivity contribution in [2.24, 2.45) is 5.92 Å². The standard InChI is InChI=1S/C15H21NO3S/c1-16(9-12-4-6-19-7-5-12)15(18)3-2-14-8-13(10-17)11-20-14/h2-3,8,11-12,17H,4-7,9-10H2,1H3. The zero-order valence-electron chi connectivity index (χ0n) is 11.7. The lowest BCUT2D eigenvalue weighted by Crippen LogP contribution is -2.33. The van der Waals surface area contributed by atoms with Gasteiger partial charge in [0.2, 0.25) is 5.91 Å². The molecule has 4 nitrogen and oxygen atoms in total. The Hall–Kier alpha value is -1.17. The first kappa shape index (κ1) is 15.2. The Bertz CT molecular complexity index is 463. The van der Waals surface area contributed by atoms with Crippen molar-refractivity contribution in [3.05, 3.63) is 28.0 Å². The number of likely N-dealkylation sites (N-methyl/N-ethyl adjacent to an activating group) is 1. The summed E-state index contributed by atoms with van der Waals surface area (Å²) >= 11 is 1.53. The highest BCUT2D eigenvalue weighted by Gasteiger charge is 2.17. The molecule has 0 saturated carbocycles. The smallest absolute Gasteiger partial charge is 0.246 e. The lowest BCUT2D eigenvalue weighted by Gasteiger charge is -2.26. The van der Waals surface area contributed by atoms with E-state index in [1.54, 1.807) is 11.0 Å². The number of ether oxygens (including phenoxy) is 1. The van der Waals surface area contributed by atoms with Crippen LogP contribution in [0, 0.1) is 5.92 Å². The average molecular weight is 295 g/mol. The number of aliphatic hydroxyl groups excluding tert-OH is 1. The fraction of sp³-hybridized carbons (Fsp3) is 0.533. The third-order valence-electron chi connectivity index (χ3n) is 3.50. The molecule has 5 heteroatoms. The van der Waals surface area contributed by atoms with Crippen LogP contribution in [-0.2, 0) is 16.1 Å². The minimum absolute atomic E-state index is 0.0236. The largest absolute Gasteiger partial charge is 0.392 e. The van der Waals surface area contributed by atoms with Crippen molar-refractivity contribution in [3.8, 4) is 0 Å². The number of thiophene rings is 1. The molecule has 1 amide bonds. The van der Waals surface area contributed by atoms with Gasteiger partial charge in [-0.1, -0.05) is 0 Å². The van der Waals surface area contributed by atoms with E-state index in [1.807, 2.05) is 24.6 Å². The van der Waals surface area contributed by atoms with Crippen molar-refractivity contribution in [2.75, 3.05) is 26.8 Å². The zero-order valence-corrected chi connectivity index (χ0v) is 12.6. The summed E-state index contributed by atoms with van der Waals surface area (Å²) in [6.07, 6.45) is 5.48. The molecule has 1 aromatic heterocycles. The van der Waals surface area contributed by atoms with Crippen molar-refractivity contribution < 1.29 is 14.6 Å². The van der Waals surface area contributed by atoms with Crippen LogP contribution in [0.25, 0.3) is 6.08 Å². The summed E-state index contributed by atoms with van der Waals surface area (Å²) < 4.78 is 5.32. The van der Waals surface area contributed by atoms with Gasteiger partial charge >= 0.3 is 0 Å². The molecule has 1 aliphatic rings. The topological polar surface area (TPSA) is 49.8 Å². The molecule has 0 atom stereocenters. The normalized spacial score (nSPS) is 16.7. The Morgan fingerprint density at radius 1 is 1.55 bits per heavy atom. The van der Waals surface area contributed by atoms with E-state index in [1.165, 1.54) is 11.3 Å². The molecule has 2 rings (SSSR count). The number of amides is 1. The molecule has 0 bridgehead atoms. The van der Waals surface area contributed by atoms with Crippen LogP contribution in [0.1, 0.15) is 23.3 Å². The Morgan fingerprint density at radius 3 is 2.95 bits per heavy atom. The first-order chi connectivity index (χ1) is 9.69. The predicted octanol–water partition coefficient (Wildman–Crippen LogP) is 2.14. The minimum atomic E-state index is 0.0236. The molecule has 0 radical (unpaired) electrons. The van der Waals surface area contributed by atoms with Gasteiger partial charge in [-0.15, -0.1) is 11.3 Å². The van der Waals surface area contributed by atoms with Crippen LogP contribution in [0.3, 0.4) is 0 Å². The first-order valence-electron chi connectivity index (χ1n) is 6.88. The van der Waals surface area contributed by atoms with Crippen molar-refractivity contribution in [2.45, 2.75) is 19.4 Å². The molecular weight excluding hydrogens is 274 g/mol. The van der Waals surface area contributed by atoms with E-state index in [4.69, 9.17) is 9.84 Å². The molecular formula is C15H21NO3S. The molecule has 1 N–H and O–H groups in total. The van der Waals surface area contributed by atoms with E-state index >= 15 is 0 Å². The monoisotopic (exact) mass is 295 g/mol. The summed E-state index contributed by atoms with van der Waals surface area (Å²) in [6.45, 7) is 2.45. The number of rotatable bonds is 5. The lowest BCUT2D eigenvalue weighted by atomic mass is 10.00. The Kier molecular flexibility index (Phi) is 5.76. The predicted molar refractivity (Wildman–Crippen MR) is 80.5 cm³/mol. The number of carbonyl (C=O) groups is 1. The van der Waals surface area contributed by atoms with Gasteiger partial charge in [-0.25, -0.2) is 0 Å². The highest BCUT2D eigenvalue weighted by molar-refractivity contribution is 7.11. The molecule has 0 spiro atoms. The van der Waals surface area contributed by atoms with Gasteiger partial charge in [0.25, 0.3) is 0 Å². The van der Waals surface area contributed by atoms with Gasteiger partial charge < -0.3 is 14.7 Å². The number of nitrogens with zero attached hydrogens (tertiary/aromatic N) is 1. The molecule has 2 heterocycles. The van der Waals surface area contributed by atoms with E-state index in [0.717, 1.165) is 43.0 Å². The summed E-state index contributed by atoms with van der Waals surface area (Å²) in [5.74, 6) is 0.573. The van der Waals surface area contributed by atoms with Crippen molar-refractivity contribution in [1.29, 1.82) is 0 Å². The maximum Gasteiger partial charge on any atom is 0.246 e. The van der Waals surface area contributed by atoms with Crippen LogP contribution in [0.2, 0.25) is 0 Å². The molecule has 0 aliphatic carbocycles. The highest BCUT2D eigenvalue weighted by Crippen LogP contribution is 2.17. The molecule has 0 aromatic carbocycles. The Balaban J connectivity index is 1.83. The summed E-state index contributed by atoms with van der Waals surface area (Å²) in [5.41, 5.74) is 0.887. The fourth-order valence-electron chi connectivity index (χ4n) is 2.25. The van der Waals surface area contributed by atoms with E-state index in [2.05, 4.69) is 0 Å². The van der Waals surface area contributed by atoms with Gasteiger partial charge in [0, 0.05) is 37.8 Å². The van der Waals surface area contributed by atoms with Gasteiger partial charge in [0.15, 0.2) is 0 Å². The van der Waals surface area contributed by atoms with Gasteiger partial charge in [0.05, 0.1) is 6.61 Å². The highest BCUT2D eigenvalue weighted by atomic mass is 32.1. The lowest BCUT2D eigenvalue weighted by molar-refractivity contribution is -0.125. The third-order valence-corrected chi connectivity index (χ3v) is 4.44. The molecule has 1 aliphatic heterocycles. The second-order valence-electron chi connectivity index (χ2n) is 5.12. The van der Waals surface area contributed by atoms with E-state index in [-0.39, 0.29) is 12.5 Å². The molecule has 1 saturated heterocycles. The maximum atomic E-state index is 12.0. The van der Waals surface area contributed by atoms with Crippen LogP contribution >= 0.6 is 11.3 Å². The average Bonchev–Trinajstić information content (AvgIpc) is 2.93. The van der Waals surface area contributed by atoms with Crippen LogP contribution in [0.15, 0.2) is 17.5 Å². The fourth-order valence-corrected chi connectivity index (χ4v) is 3.05. The van der Waals surface area contributed by atoms with Crippen LogP contribution in [0.4, 0.5) is 0 Å². The molecule has 0 unspecified atom stereocenters. The quantitative estimate of drug-likeness (QED) is 0.847. The summed E-state index contributed by atoms with van der Waals surface area (Å²) in [6, 6.07) is 1.90. The van der Waals surface area contributed by atoms with Crippen LogP contribution in [0.5, 0.6) is 0 Å². The maximum absolute atomic E-state index is 12.0. The van der Waals surface area contributed by atoms with E-state index in [0.29, 0.717) is 5.92 Å². The Labute approximate surface area is 123 Å². The number of carbonyl (C=O) groups excluding carboxylic acids is 1. The first-order valence-corrected chi connectivity index (χ1v) is 7.76. The molecule has 1 aromatic rings. The molecule has 1 fully saturated rings. The molecule has 110 valence electrons. The summed E-state index contributed by atoms with van der Waals surface area (Å²) in [7, 11) is 1.84. The number of hydrogen-bond acceptors (Lipinski definition) is 4. The van der Waals surface area contributed by atoms with Crippen molar-refractivity contribution in [1.82, 2.24) is 4.90 Å². The van der Waals surface area contributed by atoms with Crippen LogP contribution in [-0.4, -0.2) is 42.7 Å².